The van der Waals surface area contributed by atoms with E-state index in [4.69, 9.17) is 4.74 Å². The minimum atomic E-state index is -1.08. The van der Waals surface area contributed by atoms with Gasteiger partial charge in [-0.05, 0) is 28.7 Å². The standard InChI is InChI=1S/C26H26N4O5/c1-2-22(24(31)29-11-12-30-23(14-29)20(13-27-30)25(32)33)28-26(34)35-15-21-18-9-5-3-7-16(18)17-8-4-6-10-19(17)21/h3-10,13,21-22H,2,11-12,14-15H2,1H3,(H,28,34)(H,32,33). The topological polar surface area (TPSA) is 114 Å². The molecular formula is C26H26N4O5. The Hall–Kier alpha value is -4.14. The van der Waals surface area contributed by atoms with Crippen molar-refractivity contribution in [3.05, 3.63) is 77.1 Å². The number of nitrogens with zero attached hydrogens (tertiary/aromatic N) is 3. The molecule has 1 unspecified atom stereocenters. The Labute approximate surface area is 202 Å². The van der Waals surface area contributed by atoms with E-state index in [0.717, 1.165) is 22.3 Å². The highest BCUT2D eigenvalue weighted by Gasteiger charge is 2.32. The lowest BCUT2D eigenvalue weighted by atomic mass is 9.98. The third kappa shape index (κ3) is 4.14. The van der Waals surface area contributed by atoms with Crippen molar-refractivity contribution in [3.8, 4) is 11.1 Å². The highest BCUT2D eigenvalue weighted by Crippen LogP contribution is 2.44. The molecule has 1 aromatic heterocycles. The lowest BCUT2D eigenvalue weighted by Crippen LogP contribution is -2.50. The minimum absolute atomic E-state index is 0.0688. The van der Waals surface area contributed by atoms with Crippen LogP contribution in [0.25, 0.3) is 11.1 Å². The molecule has 3 aromatic rings. The van der Waals surface area contributed by atoms with Crippen molar-refractivity contribution in [2.45, 2.75) is 38.4 Å². The highest BCUT2D eigenvalue weighted by atomic mass is 16.5. The number of carboxylic acid groups (broad SMARTS) is 1. The van der Waals surface area contributed by atoms with Gasteiger partial charge in [-0.25, -0.2) is 9.59 Å². The zero-order valence-corrected chi connectivity index (χ0v) is 19.3. The maximum Gasteiger partial charge on any atom is 0.407 e. The molecule has 2 aliphatic rings. The van der Waals surface area contributed by atoms with E-state index in [1.165, 1.54) is 6.20 Å². The largest absolute Gasteiger partial charge is 0.478 e. The van der Waals surface area contributed by atoms with Crippen molar-refractivity contribution in [1.29, 1.82) is 0 Å². The fourth-order valence-corrected chi connectivity index (χ4v) is 4.95. The molecule has 1 aliphatic carbocycles. The van der Waals surface area contributed by atoms with E-state index in [1.54, 1.807) is 9.58 Å². The van der Waals surface area contributed by atoms with Crippen LogP contribution < -0.4 is 5.32 Å². The van der Waals surface area contributed by atoms with Crippen molar-refractivity contribution < 1.29 is 24.2 Å². The number of aromatic carboxylic acids is 1. The summed E-state index contributed by atoms with van der Waals surface area (Å²) in [5.41, 5.74) is 5.08. The predicted molar refractivity (Wildman–Crippen MR) is 127 cm³/mol. The number of rotatable bonds is 6. The predicted octanol–water partition coefficient (Wildman–Crippen LogP) is 3.24. The maximum atomic E-state index is 13.1. The Morgan fingerprint density at radius 2 is 1.74 bits per heavy atom. The number of ether oxygens (including phenoxy) is 1. The summed E-state index contributed by atoms with van der Waals surface area (Å²) >= 11 is 0. The number of alkyl carbamates (subject to hydrolysis) is 1. The van der Waals surface area contributed by atoms with Crippen LogP contribution in [-0.4, -0.2) is 57.0 Å². The number of hydrogen-bond donors (Lipinski definition) is 2. The molecule has 2 amide bonds. The average molecular weight is 475 g/mol. The lowest BCUT2D eigenvalue weighted by Gasteiger charge is -2.31. The van der Waals surface area contributed by atoms with E-state index < -0.39 is 18.1 Å². The van der Waals surface area contributed by atoms with Crippen molar-refractivity contribution >= 4 is 18.0 Å². The summed E-state index contributed by atoms with van der Waals surface area (Å²) in [5.74, 6) is -1.42. The molecular weight excluding hydrogens is 448 g/mol. The van der Waals surface area contributed by atoms with E-state index in [-0.39, 0.29) is 30.5 Å². The number of carboxylic acids is 1. The molecule has 2 aromatic carbocycles. The highest BCUT2D eigenvalue weighted by molar-refractivity contribution is 5.89. The van der Waals surface area contributed by atoms with Gasteiger partial charge in [0.25, 0.3) is 0 Å². The third-order valence-corrected chi connectivity index (χ3v) is 6.76. The van der Waals surface area contributed by atoms with E-state index in [9.17, 15) is 19.5 Å². The lowest BCUT2D eigenvalue weighted by molar-refractivity contribution is -0.135. The Bertz CT molecular complexity index is 1250. The monoisotopic (exact) mass is 474 g/mol. The van der Waals surface area contributed by atoms with Crippen LogP contribution in [0, 0.1) is 0 Å². The van der Waals surface area contributed by atoms with Crippen molar-refractivity contribution in [2.75, 3.05) is 13.2 Å². The smallest absolute Gasteiger partial charge is 0.407 e. The number of nitrogens with one attached hydrogen (secondary N) is 1. The van der Waals surface area contributed by atoms with Gasteiger partial charge in [-0.15, -0.1) is 0 Å². The van der Waals surface area contributed by atoms with E-state index in [0.29, 0.717) is 25.2 Å². The first-order chi connectivity index (χ1) is 17.0. The van der Waals surface area contributed by atoms with Crippen molar-refractivity contribution in [2.24, 2.45) is 0 Å². The molecule has 5 rings (SSSR count). The summed E-state index contributed by atoms with van der Waals surface area (Å²) in [5, 5.41) is 16.2. The van der Waals surface area contributed by atoms with Gasteiger partial charge in [0, 0.05) is 12.5 Å². The quantitative estimate of drug-likeness (QED) is 0.567. The second-order valence-electron chi connectivity index (χ2n) is 8.72. The Morgan fingerprint density at radius 1 is 1.09 bits per heavy atom. The first kappa shape index (κ1) is 22.6. The molecule has 0 saturated carbocycles. The van der Waals surface area contributed by atoms with Crippen LogP contribution in [0.1, 0.15) is 46.4 Å². The fraction of sp³-hybridized carbons (Fsp3) is 0.308. The molecule has 180 valence electrons. The van der Waals surface area contributed by atoms with E-state index in [1.807, 2.05) is 43.3 Å². The molecule has 2 heterocycles. The van der Waals surface area contributed by atoms with E-state index >= 15 is 0 Å². The van der Waals surface area contributed by atoms with Gasteiger partial charge in [-0.1, -0.05) is 55.5 Å². The van der Waals surface area contributed by atoms with Crippen LogP contribution in [0.3, 0.4) is 0 Å². The number of carbonyl (C=O) groups is 3. The Kier molecular flexibility index (Phi) is 5.98. The number of amides is 2. The van der Waals surface area contributed by atoms with Gasteiger partial charge in [0.1, 0.15) is 18.2 Å². The normalized spacial score (nSPS) is 15.1. The Balaban J connectivity index is 1.23. The van der Waals surface area contributed by atoms with Crippen LogP contribution in [0.4, 0.5) is 4.79 Å². The van der Waals surface area contributed by atoms with Crippen molar-refractivity contribution in [1.82, 2.24) is 20.0 Å². The summed E-state index contributed by atoms with van der Waals surface area (Å²) in [4.78, 5) is 38.8. The molecule has 0 fully saturated rings. The molecule has 1 aliphatic heterocycles. The summed E-state index contributed by atoms with van der Waals surface area (Å²) in [6, 6.07) is 15.4. The fourth-order valence-electron chi connectivity index (χ4n) is 4.95. The molecule has 9 nitrogen and oxygen atoms in total. The zero-order valence-electron chi connectivity index (χ0n) is 19.3. The van der Waals surface area contributed by atoms with Crippen LogP contribution in [0.15, 0.2) is 54.7 Å². The zero-order chi connectivity index (χ0) is 24.5. The number of benzene rings is 2. The van der Waals surface area contributed by atoms with Gasteiger partial charge < -0.3 is 20.1 Å². The van der Waals surface area contributed by atoms with Gasteiger partial charge in [0.05, 0.1) is 25.0 Å². The number of fused-ring (bicyclic) bond motifs is 4. The number of aromatic nitrogens is 2. The van der Waals surface area contributed by atoms with Crippen LogP contribution in [0.2, 0.25) is 0 Å². The molecule has 0 radical (unpaired) electrons. The van der Waals surface area contributed by atoms with Crippen LogP contribution in [0.5, 0.6) is 0 Å². The first-order valence-corrected chi connectivity index (χ1v) is 11.7. The SMILES string of the molecule is CCC(NC(=O)OCC1c2ccccc2-c2ccccc21)C(=O)N1CCn2ncc(C(=O)O)c2C1. The van der Waals surface area contributed by atoms with Crippen LogP contribution in [-0.2, 0) is 22.6 Å². The van der Waals surface area contributed by atoms with Crippen molar-refractivity contribution in [3.63, 3.8) is 0 Å². The molecule has 0 spiro atoms. The summed E-state index contributed by atoms with van der Waals surface area (Å²) in [7, 11) is 0. The maximum absolute atomic E-state index is 13.1. The van der Waals surface area contributed by atoms with E-state index in [2.05, 4.69) is 22.5 Å². The summed E-state index contributed by atoms with van der Waals surface area (Å²) in [6.07, 6.45) is 1.03. The Morgan fingerprint density at radius 3 is 2.37 bits per heavy atom. The number of hydrogen-bond acceptors (Lipinski definition) is 5. The van der Waals surface area contributed by atoms with Gasteiger partial charge >= 0.3 is 12.1 Å². The summed E-state index contributed by atoms with van der Waals surface area (Å²) < 4.78 is 7.20. The molecule has 1 atom stereocenters. The average Bonchev–Trinajstić information content (AvgIpc) is 3.44. The number of carbonyl (C=O) groups excluding carboxylic acids is 2. The molecule has 0 bridgehead atoms. The molecule has 35 heavy (non-hydrogen) atoms. The van der Waals surface area contributed by atoms with Gasteiger partial charge in [0.2, 0.25) is 5.91 Å². The second kappa shape index (κ2) is 9.25. The second-order valence-corrected chi connectivity index (χ2v) is 8.72. The van der Waals surface area contributed by atoms with Gasteiger partial charge in [0.15, 0.2) is 0 Å². The van der Waals surface area contributed by atoms with Gasteiger partial charge in [-0.3, -0.25) is 9.48 Å². The minimum Gasteiger partial charge on any atom is -0.478 e. The first-order valence-electron chi connectivity index (χ1n) is 11.7. The summed E-state index contributed by atoms with van der Waals surface area (Å²) in [6.45, 7) is 2.88. The van der Waals surface area contributed by atoms with Crippen LogP contribution >= 0.6 is 0 Å². The molecule has 2 N–H and O–H groups in total. The molecule has 0 saturated heterocycles. The third-order valence-electron chi connectivity index (χ3n) is 6.76. The molecule has 9 heteroatoms. The van der Waals surface area contributed by atoms with Gasteiger partial charge in [-0.2, -0.15) is 5.10 Å².